The second kappa shape index (κ2) is 6.57. The van der Waals surface area contributed by atoms with E-state index in [0.717, 1.165) is 30.3 Å². The number of fused-ring (bicyclic) bond motifs is 1. The number of hydrogen-bond donors (Lipinski definition) is 1. The molecule has 1 N–H and O–H groups in total. The zero-order chi connectivity index (χ0) is 16.4. The monoisotopic (exact) mass is 335 g/mol. The molecule has 0 aromatic carbocycles. The van der Waals surface area contributed by atoms with Crippen molar-refractivity contribution in [1.82, 2.24) is 19.5 Å². The molecule has 0 radical (unpaired) electrons. The van der Waals surface area contributed by atoms with Gasteiger partial charge in [0.25, 0.3) is 5.56 Å². The van der Waals surface area contributed by atoms with E-state index in [9.17, 15) is 4.79 Å². The Bertz CT molecular complexity index is 730. The topological polar surface area (TPSA) is 62.5 Å². The maximum absolute atomic E-state index is 12.1. The lowest BCUT2D eigenvalue weighted by Crippen LogP contribution is -2.37. The molecule has 126 valence electrons. The molecule has 0 amide bonds. The normalized spacial score (nSPS) is 17.2. The molecule has 0 spiro atoms. The van der Waals surface area contributed by atoms with Gasteiger partial charge in [-0.15, -0.1) is 5.10 Å². The Balaban J connectivity index is 1.78. The van der Waals surface area contributed by atoms with E-state index in [-0.39, 0.29) is 5.56 Å². The molecule has 2 heterocycles. The van der Waals surface area contributed by atoms with Gasteiger partial charge in [0.05, 0.1) is 0 Å². The Morgan fingerprint density at radius 2 is 2.13 bits per heavy atom. The van der Waals surface area contributed by atoms with Gasteiger partial charge in [-0.3, -0.25) is 4.79 Å². The molecule has 1 saturated carbocycles. The summed E-state index contributed by atoms with van der Waals surface area (Å²) in [5, 5.41) is 8.65. The fourth-order valence-electron chi connectivity index (χ4n) is 3.56. The lowest BCUT2D eigenvalue weighted by molar-refractivity contribution is 0.215. The van der Waals surface area contributed by atoms with Crippen molar-refractivity contribution < 1.29 is 0 Å². The number of hydrogen-bond acceptors (Lipinski definition) is 6. The minimum absolute atomic E-state index is 0.0972. The quantitative estimate of drug-likeness (QED) is 0.877. The van der Waals surface area contributed by atoms with Gasteiger partial charge in [-0.2, -0.15) is 4.52 Å². The van der Waals surface area contributed by atoms with Crippen molar-refractivity contribution in [2.24, 2.45) is 5.41 Å². The van der Waals surface area contributed by atoms with Crippen LogP contribution in [-0.4, -0.2) is 46.7 Å². The first-order chi connectivity index (χ1) is 11.0. The lowest BCUT2D eigenvalue weighted by atomic mass is 9.85. The van der Waals surface area contributed by atoms with Crippen LogP contribution in [0.3, 0.4) is 0 Å². The number of rotatable bonds is 6. The molecule has 0 atom stereocenters. The molecule has 0 bridgehead atoms. The van der Waals surface area contributed by atoms with Crippen LogP contribution in [0.5, 0.6) is 0 Å². The molecule has 0 aliphatic heterocycles. The van der Waals surface area contributed by atoms with E-state index < -0.39 is 0 Å². The zero-order valence-corrected chi connectivity index (χ0v) is 14.9. The summed E-state index contributed by atoms with van der Waals surface area (Å²) < 4.78 is 1.40. The van der Waals surface area contributed by atoms with Crippen LogP contribution in [0.2, 0.25) is 0 Å². The van der Waals surface area contributed by atoms with Crippen LogP contribution in [0.25, 0.3) is 4.96 Å². The number of nitrogens with zero attached hydrogens (tertiary/aromatic N) is 4. The molecule has 1 fully saturated rings. The van der Waals surface area contributed by atoms with Crippen LogP contribution in [0, 0.1) is 5.41 Å². The Morgan fingerprint density at radius 1 is 1.39 bits per heavy atom. The van der Waals surface area contributed by atoms with Crippen molar-refractivity contribution in [3.05, 3.63) is 22.1 Å². The van der Waals surface area contributed by atoms with Gasteiger partial charge in [0, 0.05) is 30.3 Å². The average Bonchev–Trinajstić information content (AvgIpc) is 3.11. The third kappa shape index (κ3) is 3.55. The summed E-state index contributed by atoms with van der Waals surface area (Å²) in [6.45, 7) is 3.99. The van der Waals surface area contributed by atoms with Crippen LogP contribution >= 0.6 is 11.3 Å². The highest BCUT2D eigenvalue weighted by Gasteiger charge is 2.34. The maximum Gasteiger partial charge on any atom is 0.275 e. The van der Waals surface area contributed by atoms with E-state index in [1.54, 1.807) is 6.07 Å². The smallest absolute Gasteiger partial charge is 0.275 e. The Morgan fingerprint density at radius 3 is 2.78 bits per heavy atom. The number of aryl methyl sites for hydroxylation is 1. The van der Waals surface area contributed by atoms with E-state index in [0.29, 0.717) is 10.4 Å². The van der Waals surface area contributed by atoms with Crippen LogP contribution in [0.15, 0.2) is 10.9 Å². The maximum atomic E-state index is 12.1. The summed E-state index contributed by atoms with van der Waals surface area (Å²) in [5.41, 5.74) is 1.04. The Hall–Kier alpha value is -1.47. The van der Waals surface area contributed by atoms with Crippen molar-refractivity contribution in [3.8, 4) is 0 Å². The highest BCUT2D eigenvalue weighted by Crippen LogP contribution is 2.38. The summed E-state index contributed by atoms with van der Waals surface area (Å²) in [4.78, 5) is 19.5. The summed E-state index contributed by atoms with van der Waals surface area (Å²) >= 11 is 1.46. The van der Waals surface area contributed by atoms with Crippen molar-refractivity contribution in [2.75, 3.05) is 32.5 Å². The predicted molar refractivity (Wildman–Crippen MR) is 94.5 cm³/mol. The van der Waals surface area contributed by atoms with Crippen LogP contribution < -0.4 is 10.9 Å². The molecule has 1 aliphatic rings. The number of nitrogens with one attached hydrogen (secondary N) is 1. The van der Waals surface area contributed by atoms with E-state index >= 15 is 0 Å². The first-order valence-electron chi connectivity index (χ1n) is 8.30. The van der Waals surface area contributed by atoms with Gasteiger partial charge < -0.3 is 10.2 Å². The molecule has 0 unspecified atom stereocenters. The molecule has 1 aliphatic carbocycles. The average molecular weight is 335 g/mol. The molecule has 2 aromatic rings. The first kappa shape index (κ1) is 16.4. The largest absolute Gasteiger partial charge is 0.359 e. The molecular formula is C16H25N5OS. The van der Waals surface area contributed by atoms with Gasteiger partial charge in [-0.25, -0.2) is 4.98 Å². The van der Waals surface area contributed by atoms with Crippen LogP contribution in [0.4, 0.5) is 5.13 Å². The van der Waals surface area contributed by atoms with E-state index in [1.807, 2.05) is 6.92 Å². The molecule has 2 aromatic heterocycles. The molecule has 23 heavy (non-hydrogen) atoms. The van der Waals surface area contributed by atoms with Gasteiger partial charge in [0.15, 0.2) is 0 Å². The van der Waals surface area contributed by atoms with E-state index in [2.05, 4.69) is 34.4 Å². The second-order valence-corrected chi connectivity index (χ2v) is 7.80. The van der Waals surface area contributed by atoms with Gasteiger partial charge in [0.1, 0.15) is 0 Å². The fraction of sp³-hybridized carbons (Fsp3) is 0.688. The molecule has 6 nitrogen and oxygen atoms in total. The molecule has 7 heteroatoms. The summed E-state index contributed by atoms with van der Waals surface area (Å²) in [7, 11) is 4.26. The third-order valence-electron chi connectivity index (χ3n) is 4.59. The van der Waals surface area contributed by atoms with Crippen molar-refractivity contribution >= 4 is 21.4 Å². The highest BCUT2D eigenvalue weighted by atomic mass is 32.1. The standard InChI is InChI=1S/C16H25N5OS/c1-4-12-9-13(22)21-15(18-12)23-14(19-21)17-10-16(11-20(2)3)7-5-6-8-16/h9H,4-8,10-11H2,1-3H3,(H,17,19). The predicted octanol–water partition coefficient (Wildman–Crippen LogP) is 2.25. The van der Waals surface area contributed by atoms with Crippen LogP contribution in [0.1, 0.15) is 38.3 Å². The summed E-state index contributed by atoms with van der Waals surface area (Å²) in [6.07, 6.45) is 5.87. The highest BCUT2D eigenvalue weighted by molar-refractivity contribution is 7.20. The number of anilines is 1. The van der Waals surface area contributed by atoms with Crippen molar-refractivity contribution in [2.45, 2.75) is 39.0 Å². The number of aromatic nitrogens is 3. The SMILES string of the molecule is CCc1cc(=O)n2nc(NCC3(CN(C)C)CCCC3)sc2n1. The van der Waals surface area contributed by atoms with E-state index in [1.165, 1.54) is 41.5 Å². The Labute approximate surface area is 140 Å². The molecular weight excluding hydrogens is 310 g/mol. The van der Waals surface area contributed by atoms with Crippen LogP contribution in [-0.2, 0) is 6.42 Å². The minimum atomic E-state index is -0.0972. The first-order valence-corrected chi connectivity index (χ1v) is 9.11. The third-order valence-corrected chi connectivity index (χ3v) is 5.46. The lowest BCUT2D eigenvalue weighted by Gasteiger charge is -2.32. The van der Waals surface area contributed by atoms with E-state index in [4.69, 9.17) is 0 Å². The molecule has 0 saturated heterocycles. The fourth-order valence-corrected chi connectivity index (χ4v) is 4.38. The van der Waals surface area contributed by atoms with Gasteiger partial charge in [0.2, 0.25) is 10.1 Å². The minimum Gasteiger partial charge on any atom is -0.359 e. The van der Waals surface area contributed by atoms with Crippen molar-refractivity contribution in [1.29, 1.82) is 0 Å². The van der Waals surface area contributed by atoms with Crippen molar-refractivity contribution in [3.63, 3.8) is 0 Å². The van der Waals surface area contributed by atoms with Gasteiger partial charge in [-0.05, 0) is 33.4 Å². The van der Waals surface area contributed by atoms with Gasteiger partial charge in [-0.1, -0.05) is 31.1 Å². The van der Waals surface area contributed by atoms with Gasteiger partial charge >= 0.3 is 0 Å². The zero-order valence-electron chi connectivity index (χ0n) is 14.1. The summed E-state index contributed by atoms with van der Waals surface area (Å²) in [5.74, 6) is 0. The summed E-state index contributed by atoms with van der Waals surface area (Å²) in [6, 6.07) is 1.57. The Kier molecular flexibility index (Phi) is 4.68. The molecule has 3 rings (SSSR count). The second-order valence-electron chi connectivity index (χ2n) is 6.84.